The number of hydrogen-bond acceptors (Lipinski definition) is 0. The molecule has 0 aliphatic carbocycles. The standard InChI is InChI=1S/C16H15N/c1-2-12-6-8-13(9-7-12)15-5-3-4-14-10-11-17-16(14)15/h3-11,17H,2H2,1H3. The minimum atomic E-state index is 1.09. The molecule has 0 saturated heterocycles. The zero-order valence-electron chi connectivity index (χ0n) is 9.90. The van der Waals surface area contributed by atoms with Gasteiger partial charge in [-0.05, 0) is 29.0 Å². The highest BCUT2D eigenvalue weighted by atomic mass is 14.7. The molecule has 1 heteroatoms. The molecule has 84 valence electrons. The molecule has 0 atom stereocenters. The highest BCUT2D eigenvalue weighted by Gasteiger charge is 2.03. The van der Waals surface area contributed by atoms with Gasteiger partial charge in [-0.2, -0.15) is 0 Å². The van der Waals surface area contributed by atoms with Gasteiger partial charge in [0.25, 0.3) is 0 Å². The fraction of sp³-hybridized carbons (Fsp3) is 0.125. The number of fused-ring (bicyclic) bond motifs is 1. The molecule has 1 heterocycles. The largest absolute Gasteiger partial charge is 0.361 e. The van der Waals surface area contributed by atoms with Crippen molar-refractivity contribution < 1.29 is 0 Å². The molecule has 0 bridgehead atoms. The van der Waals surface area contributed by atoms with Gasteiger partial charge in [0.15, 0.2) is 0 Å². The maximum absolute atomic E-state index is 3.32. The average molecular weight is 221 g/mol. The molecule has 1 nitrogen and oxygen atoms in total. The Balaban J connectivity index is 2.16. The average Bonchev–Trinajstić information content (AvgIpc) is 2.87. The van der Waals surface area contributed by atoms with Crippen molar-refractivity contribution in [3.05, 3.63) is 60.3 Å². The van der Waals surface area contributed by atoms with E-state index < -0.39 is 0 Å². The summed E-state index contributed by atoms with van der Waals surface area (Å²) in [5.74, 6) is 0. The highest BCUT2D eigenvalue weighted by molar-refractivity contribution is 5.94. The Morgan fingerprint density at radius 2 is 1.76 bits per heavy atom. The monoisotopic (exact) mass is 221 g/mol. The van der Waals surface area contributed by atoms with Crippen molar-refractivity contribution >= 4 is 10.9 Å². The first-order chi connectivity index (χ1) is 8.38. The lowest BCUT2D eigenvalue weighted by Crippen LogP contribution is -1.83. The van der Waals surface area contributed by atoms with Crippen LogP contribution in [0.2, 0.25) is 0 Å². The van der Waals surface area contributed by atoms with Crippen LogP contribution < -0.4 is 0 Å². The fourth-order valence-corrected chi connectivity index (χ4v) is 2.25. The first kappa shape index (κ1) is 10.2. The van der Waals surface area contributed by atoms with Crippen LogP contribution in [-0.2, 0) is 6.42 Å². The number of aromatic amines is 1. The number of aryl methyl sites for hydroxylation is 1. The Morgan fingerprint density at radius 1 is 0.941 bits per heavy atom. The van der Waals surface area contributed by atoms with Crippen LogP contribution in [0.5, 0.6) is 0 Å². The Kier molecular flexibility index (Phi) is 2.45. The Labute approximate surface area is 101 Å². The van der Waals surface area contributed by atoms with E-state index in [-0.39, 0.29) is 0 Å². The predicted octanol–water partition coefficient (Wildman–Crippen LogP) is 4.40. The van der Waals surface area contributed by atoms with E-state index in [1.54, 1.807) is 0 Å². The van der Waals surface area contributed by atoms with Crippen LogP contribution >= 0.6 is 0 Å². The Bertz CT molecular complexity index is 632. The minimum Gasteiger partial charge on any atom is -0.361 e. The number of para-hydroxylation sites is 1. The normalized spacial score (nSPS) is 10.9. The molecular formula is C16H15N. The molecular weight excluding hydrogens is 206 g/mol. The van der Waals surface area contributed by atoms with Crippen LogP contribution in [0.25, 0.3) is 22.0 Å². The summed E-state index contributed by atoms with van der Waals surface area (Å²) in [6.45, 7) is 2.18. The van der Waals surface area contributed by atoms with Crippen molar-refractivity contribution in [3.8, 4) is 11.1 Å². The summed E-state index contributed by atoms with van der Waals surface area (Å²) in [7, 11) is 0. The third-order valence-electron chi connectivity index (χ3n) is 3.26. The number of rotatable bonds is 2. The second kappa shape index (κ2) is 4.10. The van der Waals surface area contributed by atoms with Crippen molar-refractivity contribution in [2.75, 3.05) is 0 Å². The second-order valence-electron chi connectivity index (χ2n) is 4.30. The van der Waals surface area contributed by atoms with Gasteiger partial charge < -0.3 is 4.98 Å². The van der Waals surface area contributed by atoms with Gasteiger partial charge in [-0.25, -0.2) is 0 Å². The molecule has 17 heavy (non-hydrogen) atoms. The smallest absolute Gasteiger partial charge is 0.0533 e. The van der Waals surface area contributed by atoms with Crippen LogP contribution in [0.1, 0.15) is 12.5 Å². The van der Waals surface area contributed by atoms with Crippen molar-refractivity contribution in [1.29, 1.82) is 0 Å². The lowest BCUT2D eigenvalue weighted by atomic mass is 10.0. The molecule has 0 unspecified atom stereocenters. The minimum absolute atomic E-state index is 1.09. The summed E-state index contributed by atoms with van der Waals surface area (Å²) in [5, 5.41) is 1.27. The number of aromatic nitrogens is 1. The summed E-state index contributed by atoms with van der Waals surface area (Å²) < 4.78 is 0. The van der Waals surface area contributed by atoms with Gasteiger partial charge >= 0.3 is 0 Å². The van der Waals surface area contributed by atoms with E-state index in [9.17, 15) is 0 Å². The molecule has 1 aromatic heterocycles. The van der Waals surface area contributed by atoms with Gasteiger partial charge in [0.2, 0.25) is 0 Å². The van der Waals surface area contributed by atoms with Crippen LogP contribution in [0.3, 0.4) is 0 Å². The van der Waals surface area contributed by atoms with Crippen LogP contribution in [0.15, 0.2) is 54.7 Å². The summed E-state index contributed by atoms with van der Waals surface area (Å²) in [5.41, 5.74) is 5.15. The Morgan fingerprint density at radius 3 is 2.53 bits per heavy atom. The Hall–Kier alpha value is -2.02. The van der Waals surface area contributed by atoms with Gasteiger partial charge in [-0.15, -0.1) is 0 Å². The first-order valence-corrected chi connectivity index (χ1v) is 6.04. The lowest BCUT2D eigenvalue weighted by molar-refractivity contribution is 1.14. The zero-order chi connectivity index (χ0) is 11.7. The molecule has 0 aliphatic rings. The van der Waals surface area contributed by atoms with Gasteiger partial charge in [-0.1, -0.05) is 49.4 Å². The van der Waals surface area contributed by atoms with Crippen LogP contribution in [-0.4, -0.2) is 4.98 Å². The van der Waals surface area contributed by atoms with Gasteiger partial charge in [0.05, 0.1) is 5.52 Å². The topological polar surface area (TPSA) is 15.8 Å². The van der Waals surface area contributed by atoms with Crippen LogP contribution in [0, 0.1) is 0 Å². The van der Waals surface area contributed by atoms with Gasteiger partial charge in [-0.3, -0.25) is 0 Å². The molecule has 2 aromatic carbocycles. The molecule has 0 spiro atoms. The molecule has 0 radical (unpaired) electrons. The molecule has 3 rings (SSSR count). The van der Waals surface area contributed by atoms with Gasteiger partial charge in [0, 0.05) is 11.8 Å². The zero-order valence-corrected chi connectivity index (χ0v) is 9.90. The number of benzene rings is 2. The summed E-state index contributed by atoms with van der Waals surface area (Å²) in [6, 6.07) is 17.3. The first-order valence-electron chi connectivity index (χ1n) is 6.04. The lowest BCUT2D eigenvalue weighted by Gasteiger charge is -2.05. The third kappa shape index (κ3) is 1.74. The van der Waals surface area contributed by atoms with E-state index in [1.807, 2.05) is 6.20 Å². The van der Waals surface area contributed by atoms with Crippen molar-refractivity contribution in [1.82, 2.24) is 4.98 Å². The maximum atomic E-state index is 3.32. The molecule has 0 amide bonds. The van der Waals surface area contributed by atoms with Gasteiger partial charge in [0.1, 0.15) is 0 Å². The third-order valence-corrected chi connectivity index (χ3v) is 3.26. The van der Waals surface area contributed by atoms with E-state index in [4.69, 9.17) is 0 Å². The molecule has 3 aromatic rings. The second-order valence-corrected chi connectivity index (χ2v) is 4.30. The highest BCUT2D eigenvalue weighted by Crippen LogP contribution is 2.27. The summed E-state index contributed by atoms with van der Waals surface area (Å²) in [4.78, 5) is 3.32. The molecule has 0 saturated carbocycles. The van der Waals surface area contributed by atoms with E-state index in [0.717, 1.165) is 6.42 Å². The molecule has 1 N–H and O–H groups in total. The number of hydrogen-bond donors (Lipinski definition) is 1. The summed E-state index contributed by atoms with van der Waals surface area (Å²) >= 11 is 0. The summed E-state index contributed by atoms with van der Waals surface area (Å²) in [6.07, 6.45) is 3.08. The number of H-pyrrole nitrogens is 1. The van der Waals surface area contributed by atoms with E-state index >= 15 is 0 Å². The predicted molar refractivity (Wildman–Crippen MR) is 73.1 cm³/mol. The van der Waals surface area contributed by atoms with Crippen molar-refractivity contribution in [3.63, 3.8) is 0 Å². The maximum Gasteiger partial charge on any atom is 0.0533 e. The van der Waals surface area contributed by atoms with Crippen LogP contribution in [0.4, 0.5) is 0 Å². The van der Waals surface area contributed by atoms with Crippen molar-refractivity contribution in [2.24, 2.45) is 0 Å². The number of nitrogens with one attached hydrogen (secondary N) is 1. The fourth-order valence-electron chi connectivity index (χ4n) is 2.25. The van der Waals surface area contributed by atoms with E-state index in [0.29, 0.717) is 0 Å². The van der Waals surface area contributed by atoms with E-state index in [2.05, 4.69) is 60.4 Å². The molecule has 0 aliphatic heterocycles. The quantitative estimate of drug-likeness (QED) is 0.660. The van der Waals surface area contributed by atoms with Crippen molar-refractivity contribution in [2.45, 2.75) is 13.3 Å². The van der Waals surface area contributed by atoms with E-state index in [1.165, 1.54) is 27.6 Å². The SMILES string of the molecule is CCc1ccc(-c2cccc3cc[nH]c23)cc1. The molecule has 0 fully saturated rings.